The maximum atomic E-state index is 10.8. The van der Waals surface area contributed by atoms with Crippen molar-refractivity contribution in [2.45, 2.75) is 13.8 Å². The Hall–Kier alpha value is -5.48. The Bertz CT molecular complexity index is 383. The molecule has 4 heteroatoms. The maximum Gasteiger partial charge on any atom is 0.333 e. The highest BCUT2D eigenvalue weighted by Gasteiger charge is 2.05. The van der Waals surface area contributed by atoms with E-state index in [1.165, 1.54) is 0 Å². The van der Waals surface area contributed by atoms with Crippen LogP contribution in [0.3, 0.4) is 0 Å². The molecule has 0 aliphatic carbocycles. The van der Waals surface area contributed by atoms with Gasteiger partial charge in [-0.15, -0.1) is 197 Å². The second-order valence-electron chi connectivity index (χ2n) is 2.83. The SMILES string of the molecule is C=C.C=C.C=C.C=C.C=C.C=C.C=C.C=C.C=C.C=C.C=C.C=C.C=C.C=C.C=C.C=C(C)C(=O)OCCOC(=O)C(=C)C. The summed E-state index contributed by atoms with van der Waals surface area (Å²) < 4.78 is 9.38. The number of ether oxygens (including phenoxy) is 2. The maximum absolute atomic E-state index is 10.8. The molecular weight excluding hydrogens is 544 g/mol. The molecular formula is C40H74O4. The molecule has 0 spiro atoms. The van der Waals surface area contributed by atoms with E-state index in [4.69, 9.17) is 0 Å². The molecule has 0 rings (SSSR count). The van der Waals surface area contributed by atoms with Gasteiger partial charge in [-0.2, -0.15) is 0 Å². The van der Waals surface area contributed by atoms with Crippen molar-refractivity contribution in [1.82, 2.24) is 0 Å². The second-order valence-corrected chi connectivity index (χ2v) is 2.83. The van der Waals surface area contributed by atoms with Crippen molar-refractivity contribution < 1.29 is 19.1 Å². The minimum Gasteiger partial charge on any atom is -0.459 e. The van der Waals surface area contributed by atoms with E-state index >= 15 is 0 Å². The van der Waals surface area contributed by atoms with Crippen molar-refractivity contribution in [3.63, 3.8) is 0 Å². The highest BCUT2D eigenvalue weighted by Crippen LogP contribution is 1.94. The first-order valence-corrected chi connectivity index (χ1v) is 11.6. The molecule has 0 aromatic heterocycles. The Labute approximate surface area is 279 Å². The van der Waals surface area contributed by atoms with Gasteiger partial charge in [-0.1, -0.05) is 13.2 Å². The van der Waals surface area contributed by atoms with Gasteiger partial charge in [0.1, 0.15) is 13.2 Å². The van der Waals surface area contributed by atoms with E-state index < -0.39 is 11.9 Å². The third-order valence-corrected chi connectivity index (χ3v) is 1.25. The van der Waals surface area contributed by atoms with Crippen LogP contribution >= 0.6 is 0 Å². The Morgan fingerprint density at radius 2 is 0.409 bits per heavy atom. The van der Waals surface area contributed by atoms with E-state index in [0.717, 1.165) is 0 Å². The fourth-order valence-corrected chi connectivity index (χ4v) is 0.515. The lowest BCUT2D eigenvalue weighted by Gasteiger charge is -2.05. The van der Waals surface area contributed by atoms with Crippen LogP contribution in [0.4, 0.5) is 0 Å². The van der Waals surface area contributed by atoms with Crippen LogP contribution in [-0.2, 0) is 19.1 Å². The Balaban J connectivity index is -0.0000000158. The summed E-state index contributed by atoms with van der Waals surface area (Å²) in [6.45, 7) is 100.0. The van der Waals surface area contributed by atoms with Gasteiger partial charge < -0.3 is 9.47 Å². The number of rotatable bonds is 5. The predicted molar refractivity (Wildman–Crippen MR) is 220 cm³/mol. The van der Waals surface area contributed by atoms with Crippen LogP contribution in [0.2, 0.25) is 0 Å². The van der Waals surface area contributed by atoms with Gasteiger partial charge >= 0.3 is 11.9 Å². The highest BCUT2D eigenvalue weighted by molar-refractivity contribution is 5.87. The average molecular weight is 619 g/mol. The van der Waals surface area contributed by atoms with Gasteiger partial charge in [0.05, 0.1) is 0 Å². The lowest BCUT2D eigenvalue weighted by Crippen LogP contribution is -2.14. The summed E-state index contributed by atoms with van der Waals surface area (Å²) in [6, 6.07) is 0. The van der Waals surface area contributed by atoms with Gasteiger partial charge in [0, 0.05) is 11.1 Å². The summed E-state index contributed by atoms with van der Waals surface area (Å²) in [6.07, 6.45) is 0. The number of carbonyl (C=O) groups is 2. The molecule has 0 heterocycles. The quantitative estimate of drug-likeness (QED) is 0.133. The smallest absolute Gasteiger partial charge is 0.333 e. The van der Waals surface area contributed by atoms with E-state index in [-0.39, 0.29) is 13.2 Å². The summed E-state index contributed by atoms with van der Waals surface area (Å²) in [4.78, 5) is 21.7. The summed E-state index contributed by atoms with van der Waals surface area (Å²) in [5.74, 6) is -0.979. The molecule has 258 valence electrons. The zero-order valence-corrected chi connectivity index (χ0v) is 29.7. The molecule has 0 radical (unpaired) electrons. The molecule has 0 unspecified atom stereocenters. The molecule has 0 aromatic carbocycles. The molecule has 0 bridgehead atoms. The Kier molecular flexibility index (Phi) is 1100. The summed E-state index contributed by atoms with van der Waals surface area (Å²) in [5.41, 5.74) is 0.632. The topological polar surface area (TPSA) is 52.6 Å². The number of esters is 2. The van der Waals surface area contributed by atoms with E-state index in [1.807, 2.05) is 0 Å². The predicted octanol–water partition coefficient (Wildman–Crippen LogP) is 13.3. The molecule has 4 nitrogen and oxygen atoms in total. The fraction of sp³-hybridized carbons (Fsp3) is 0.100. The Morgan fingerprint density at radius 1 is 0.318 bits per heavy atom. The zero-order chi connectivity index (χ0) is 41.1. The highest BCUT2D eigenvalue weighted by atomic mass is 16.6. The van der Waals surface area contributed by atoms with E-state index in [2.05, 4.69) is 220 Å². The molecule has 0 fully saturated rings. The van der Waals surface area contributed by atoms with Gasteiger partial charge in [-0.25, -0.2) is 9.59 Å². The molecule has 0 aliphatic rings. The van der Waals surface area contributed by atoms with Gasteiger partial charge in [0.2, 0.25) is 0 Å². The van der Waals surface area contributed by atoms with Crippen molar-refractivity contribution >= 4 is 11.9 Å². The van der Waals surface area contributed by atoms with Crippen molar-refractivity contribution in [2.24, 2.45) is 0 Å². The second kappa shape index (κ2) is 452. The molecule has 0 N–H and O–H groups in total. The van der Waals surface area contributed by atoms with E-state index in [0.29, 0.717) is 11.1 Å². The summed E-state index contributed by atoms with van der Waals surface area (Å²) in [7, 11) is 0. The lowest BCUT2D eigenvalue weighted by atomic mass is 10.4. The lowest BCUT2D eigenvalue weighted by molar-refractivity contribution is -0.147. The van der Waals surface area contributed by atoms with Gasteiger partial charge in [-0.05, 0) is 13.8 Å². The van der Waals surface area contributed by atoms with Crippen LogP contribution in [-0.4, -0.2) is 25.2 Å². The first-order valence-electron chi connectivity index (χ1n) is 11.6. The molecule has 44 heavy (non-hydrogen) atoms. The Morgan fingerprint density at radius 3 is 0.477 bits per heavy atom. The van der Waals surface area contributed by atoms with Crippen molar-refractivity contribution in [1.29, 1.82) is 0 Å². The average Bonchev–Trinajstić information content (AvgIpc) is 3.18. The summed E-state index contributed by atoms with van der Waals surface area (Å²) >= 11 is 0. The van der Waals surface area contributed by atoms with Crippen LogP contribution in [0.25, 0.3) is 0 Å². The minimum absolute atomic E-state index is 0.0325. The van der Waals surface area contributed by atoms with Crippen molar-refractivity contribution in [2.75, 3.05) is 13.2 Å². The molecule has 0 saturated heterocycles. The van der Waals surface area contributed by atoms with Crippen LogP contribution < -0.4 is 0 Å². The normalized spacial score (nSPS) is 4.23. The first-order chi connectivity index (χ1) is 21.4. The number of carbonyl (C=O) groups excluding carboxylic acids is 2. The van der Waals surface area contributed by atoms with Crippen LogP contribution in [0.5, 0.6) is 0 Å². The molecule has 0 saturated carbocycles. The molecule has 0 amide bonds. The largest absolute Gasteiger partial charge is 0.459 e. The van der Waals surface area contributed by atoms with Gasteiger partial charge in [-0.3, -0.25) is 0 Å². The van der Waals surface area contributed by atoms with Crippen LogP contribution in [0, 0.1) is 0 Å². The van der Waals surface area contributed by atoms with E-state index in [9.17, 15) is 9.59 Å². The standard InChI is InChI=1S/C10H14O4.15C2H4/c1-7(2)9(11)13-5-6-14-10(12)8(3)4;15*1-2/h1,3,5-6H2,2,4H3;15*1-2H2. The van der Waals surface area contributed by atoms with Crippen LogP contribution in [0.1, 0.15) is 13.8 Å². The molecule has 0 aliphatic heterocycles. The number of hydrogen-bond donors (Lipinski definition) is 0. The van der Waals surface area contributed by atoms with Crippen molar-refractivity contribution in [3.05, 3.63) is 222 Å². The molecule has 0 aromatic rings. The zero-order valence-electron chi connectivity index (χ0n) is 29.7. The van der Waals surface area contributed by atoms with Crippen molar-refractivity contribution in [3.8, 4) is 0 Å². The first kappa shape index (κ1) is 107. The third kappa shape index (κ3) is 508. The van der Waals surface area contributed by atoms with Gasteiger partial charge in [0.15, 0.2) is 0 Å². The van der Waals surface area contributed by atoms with Gasteiger partial charge in [0.25, 0.3) is 0 Å². The fourth-order valence-electron chi connectivity index (χ4n) is 0.515. The van der Waals surface area contributed by atoms with Crippen LogP contribution in [0.15, 0.2) is 222 Å². The molecule has 0 atom stereocenters. The third-order valence-electron chi connectivity index (χ3n) is 1.25. The monoisotopic (exact) mass is 619 g/mol. The van der Waals surface area contributed by atoms with E-state index in [1.54, 1.807) is 13.8 Å². The minimum atomic E-state index is -0.489. The number of hydrogen-bond acceptors (Lipinski definition) is 4. The summed E-state index contributed by atoms with van der Waals surface area (Å²) in [5, 5.41) is 0.